The summed E-state index contributed by atoms with van der Waals surface area (Å²) in [5.74, 6) is 5.83. The third-order valence-corrected chi connectivity index (χ3v) is 5.28. The van der Waals surface area contributed by atoms with Gasteiger partial charge in [-0.15, -0.1) is 10.2 Å². The highest BCUT2D eigenvalue weighted by Crippen LogP contribution is 2.24. The lowest BCUT2D eigenvalue weighted by Crippen LogP contribution is -2.24. The van der Waals surface area contributed by atoms with Crippen LogP contribution in [0.5, 0.6) is 0 Å². The maximum atomic E-state index is 13.0. The number of amides is 1. The third kappa shape index (κ3) is 5.00. The van der Waals surface area contributed by atoms with Crippen LogP contribution in [0.2, 0.25) is 0 Å². The van der Waals surface area contributed by atoms with E-state index >= 15 is 0 Å². The molecule has 1 heterocycles. The number of nitrogens with two attached hydrogens (primary N) is 1. The molecule has 0 saturated carbocycles. The lowest BCUT2D eigenvalue weighted by molar-refractivity contribution is -0.115. The molecule has 3 aromatic rings. The molecule has 0 spiro atoms. The van der Waals surface area contributed by atoms with Crippen LogP contribution in [0.15, 0.2) is 53.7 Å². The highest BCUT2D eigenvalue weighted by molar-refractivity contribution is 8.00. The van der Waals surface area contributed by atoms with Crippen molar-refractivity contribution in [2.75, 3.05) is 11.2 Å². The summed E-state index contributed by atoms with van der Waals surface area (Å²) >= 11 is 1.15. The first-order chi connectivity index (χ1) is 13.8. The van der Waals surface area contributed by atoms with Gasteiger partial charge in [0.15, 0.2) is 11.6 Å². The Hall–Kier alpha value is -3.20. The molecule has 1 amide bonds. The minimum absolute atomic E-state index is 0.131. The zero-order valence-corrected chi connectivity index (χ0v) is 16.7. The van der Waals surface area contributed by atoms with Crippen LogP contribution in [0, 0.1) is 5.82 Å². The molecule has 0 fully saturated rings. The highest BCUT2D eigenvalue weighted by atomic mass is 32.2. The number of rotatable bonds is 7. The van der Waals surface area contributed by atoms with Crippen molar-refractivity contribution in [2.24, 2.45) is 0 Å². The highest BCUT2D eigenvalue weighted by Gasteiger charge is 2.21. The van der Waals surface area contributed by atoms with Crippen LogP contribution in [0.25, 0.3) is 0 Å². The third-order valence-electron chi connectivity index (χ3n) is 4.23. The van der Waals surface area contributed by atoms with Gasteiger partial charge in [0.1, 0.15) is 5.82 Å². The Morgan fingerprint density at radius 1 is 1.17 bits per heavy atom. The molecule has 0 unspecified atom stereocenters. The maximum Gasteiger partial charge on any atom is 0.237 e. The van der Waals surface area contributed by atoms with Gasteiger partial charge in [0.25, 0.3) is 0 Å². The second-order valence-electron chi connectivity index (χ2n) is 6.42. The van der Waals surface area contributed by atoms with Gasteiger partial charge >= 0.3 is 0 Å². The van der Waals surface area contributed by atoms with E-state index in [-0.39, 0.29) is 17.5 Å². The van der Waals surface area contributed by atoms with Crippen LogP contribution in [0.4, 0.5) is 10.1 Å². The molecule has 0 bridgehead atoms. The second kappa shape index (κ2) is 8.87. The number of ketones is 1. The van der Waals surface area contributed by atoms with Crippen LogP contribution in [0.1, 0.15) is 35.6 Å². The van der Waals surface area contributed by atoms with E-state index in [2.05, 4.69) is 15.5 Å². The number of Topliss-reactive ketones (excluding diaryl/α,β-unsaturated/α-hetero) is 1. The average Bonchev–Trinajstić information content (AvgIpc) is 3.03. The van der Waals surface area contributed by atoms with E-state index < -0.39 is 5.25 Å². The quantitative estimate of drug-likeness (QED) is 0.351. The van der Waals surface area contributed by atoms with Crippen LogP contribution in [-0.2, 0) is 11.2 Å². The number of thioether (sulfide) groups is 1. The van der Waals surface area contributed by atoms with Gasteiger partial charge in [-0.3, -0.25) is 9.59 Å². The Kier molecular flexibility index (Phi) is 6.28. The van der Waals surface area contributed by atoms with Crippen molar-refractivity contribution in [2.45, 2.75) is 30.7 Å². The molecule has 0 aliphatic heterocycles. The van der Waals surface area contributed by atoms with E-state index in [1.165, 1.54) is 23.7 Å². The number of aromatic nitrogens is 3. The first-order valence-electron chi connectivity index (χ1n) is 8.86. The summed E-state index contributed by atoms with van der Waals surface area (Å²) in [5.41, 5.74) is 1.75. The Labute approximate surface area is 171 Å². The first-order valence-corrected chi connectivity index (χ1v) is 9.74. The number of nitrogen functional groups attached to an aromatic ring is 1. The Balaban J connectivity index is 1.67. The van der Waals surface area contributed by atoms with Gasteiger partial charge in [-0.25, -0.2) is 9.07 Å². The minimum Gasteiger partial charge on any atom is -0.336 e. The number of para-hydroxylation sites is 1. The van der Waals surface area contributed by atoms with Crippen molar-refractivity contribution < 1.29 is 14.0 Å². The van der Waals surface area contributed by atoms with Crippen molar-refractivity contribution >= 4 is 29.1 Å². The van der Waals surface area contributed by atoms with Crippen LogP contribution in [-0.4, -0.2) is 31.8 Å². The molecule has 0 radical (unpaired) electrons. The fourth-order valence-electron chi connectivity index (χ4n) is 2.64. The number of anilines is 1. The van der Waals surface area contributed by atoms with E-state index in [0.29, 0.717) is 28.7 Å². The van der Waals surface area contributed by atoms with E-state index in [0.717, 1.165) is 17.3 Å². The van der Waals surface area contributed by atoms with Gasteiger partial charge in [0, 0.05) is 12.0 Å². The van der Waals surface area contributed by atoms with E-state index in [1.54, 1.807) is 43.3 Å². The SMILES string of the molecule is CC(=O)c1ccccc1NC(=O)[C@H](C)Sc1nnc(Cc2ccc(F)cc2)n1N. The van der Waals surface area contributed by atoms with E-state index in [1.807, 2.05) is 0 Å². The fourth-order valence-corrected chi connectivity index (χ4v) is 3.43. The molecule has 150 valence electrons. The fraction of sp³-hybridized carbons (Fsp3) is 0.200. The molecule has 9 heteroatoms. The number of halogens is 1. The largest absolute Gasteiger partial charge is 0.336 e. The average molecular weight is 413 g/mol. The molecule has 7 nitrogen and oxygen atoms in total. The number of carbonyl (C=O) groups is 2. The molecule has 29 heavy (non-hydrogen) atoms. The number of hydrogen-bond acceptors (Lipinski definition) is 6. The predicted octanol–water partition coefficient (Wildman–Crippen LogP) is 3.04. The lowest BCUT2D eigenvalue weighted by Gasteiger charge is -2.13. The van der Waals surface area contributed by atoms with Crippen molar-refractivity contribution in [3.63, 3.8) is 0 Å². The molecule has 0 saturated heterocycles. The van der Waals surface area contributed by atoms with Crippen molar-refractivity contribution in [1.82, 2.24) is 14.9 Å². The monoisotopic (exact) mass is 413 g/mol. The molecular formula is C20H20FN5O2S. The second-order valence-corrected chi connectivity index (χ2v) is 7.73. The molecule has 1 aromatic heterocycles. The summed E-state index contributed by atoms with van der Waals surface area (Å²) in [6.07, 6.45) is 0.386. The summed E-state index contributed by atoms with van der Waals surface area (Å²) in [5, 5.41) is 10.7. The number of carbonyl (C=O) groups excluding carboxylic acids is 2. The number of hydrogen-bond donors (Lipinski definition) is 2. The number of nitrogens with one attached hydrogen (secondary N) is 1. The van der Waals surface area contributed by atoms with E-state index in [4.69, 9.17) is 5.84 Å². The summed E-state index contributed by atoms with van der Waals surface area (Å²) in [4.78, 5) is 24.3. The van der Waals surface area contributed by atoms with Gasteiger partial charge < -0.3 is 11.2 Å². The van der Waals surface area contributed by atoms with Crippen molar-refractivity contribution in [1.29, 1.82) is 0 Å². The standard InChI is InChI=1S/C20H20FN5O2S/c1-12(27)16-5-3-4-6-17(16)23-19(28)13(2)29-20-25-24-18(26(20)22)11-14-7-9-15(21)10-8-14/h3-10,13H,11,22H2,1-2H3,(H,23,28)/t13-/m0/s1. The maximum absolute atomic E-state index is 13.0. The van der Waals surface area contributed by atoms with Gasteiger partial charge in [0.05, 0.1) is 10.9 Å². The first kappa shape index (κ1) is 20.5. The zero-order chi connectivity index (χ0) is 21.0. The summed E-state index contributed by atoms with van der Waals surface area (Å²) in [6.45, 7) is 3.16. The number of nitrogens with zero attached hydrogens (tertiary/aromatic N) is 3. The molecule has 3 rings (SSSR count). The number of benzene rings is 2. The van der Waals surface area contributed by atoms with Crippen LogP contribution >= 0.6 is 11.8 Å². The smallest absolute Gasteiger partial charge is 0.237 e. The Bertz CT molecular complexity index is 1040. The molecule has 2 aromatic carbocycles. The summed E-state index contributed by atoms with van der Waals surface area (Å²) < 4.78 is 14.4. The Morgan fingerprint density at radius 3 is 2.55 bits per heavy atom. The minimum atomic E-state index is -0.528. The predicted molar refractivity (Wildman–Crippen MR) is 110 cm³/mol. The molecule has 1 atom stereocenters. The Morgan fingerprint density at radius 2 is 1.86 bits per heavy atom. The molecule has 0 aliphatic carbocycles. The molecule has 0 aliphatic rings. The van der Waals surface area contributed by atoms with Crippen molar-refractivity contribution in [3.05, 3.63) is 71.3 Å². The lowest BCUT2D eigenvalue weighted by atomic mass is 10.1. The molecular weight excluding hydrogens is 393 g/mol. The van der Waals surface area contributed by atoms with Crippen molar-refractivity contribution in [3.8, 4) is 0 Å². The van der Waals surface area contributed by atoms with Gasteiger partial charge in [-0.05, 0) is 43.7 Å². The summed E-state index contributed by atoms with van der Waals surface area (Å²) in [7, 11) is 0. The van der Waals surface area contributed by atoms with Gasteiger partial charge in [0.2, 0.25) is 11.1 Å². The topological polar surface area (TPSA) is 103 Å². The van der Waals surface area contributed by atoms with E-state index in [9.17, 15) is 14.0 Å². The van der Waals surface area contributed by atoms with Crippen LogP contribution < -0.4 is 11.2 Å². The normalized spacial score (nSPS) is 11.8. The zero-order valence-electron chi connectivity index (χ0n) is 15.9. The van der Waals surface area contributed by atoms with Gasteiger partial charge in [-0.1, -0.05) is 36.0 Å². The van der Waals surface area contributed by atoms with Gasteiger partial charge in [-0.2, -0.15) is 0 Å². The summed E-state index contributed by atoms with van der Waals surface area (Å²) in [6, 6.07) is 12.9. The molecule has 3 N–H and O–H groups in total. The van der Waals surface area contributed by atoms with Crippen LogP contribution in [0.3, 0.4) is 0 Å².